The molecule has 1 aromatic rings. The van der Waals surface area contributed by atoms with E-state index < -0.39 is 0 Å². The van der Waals surface area contributed by atoms with Crippen LogP contribution in [0.25, 0.3) is 0 Å². The smallest absolute Gasteiger partial charge is 0.292 e. The van der Waals surface area contributed by atoms with E-state index in [0.717, 1.165) is 12.0 Å². The van der Waals surface area contributed by atoms with Crippen LogP contribution in [0, 0.1) is 10.1 Å². The van der Waals surface area contributed by atoms with Crippen molar-refractivity contribution in [3.63, 3.8) is 0 Å². The monoisotopic (exact) mass is 294 g/mol. The highest BCUT2D eigenvalue weighted by Gasteiger charge is 2.16. The number of anilines is 1. The van der Waals surface area contributed by atoms with Crippen molar-refractivity contribution >= 4 is 11.4 Å². The minimum atomic E-state index is -0.355. The molecule has 0 fully saturated rings. The van der Waals surface area contributed by atoms with Crippen molar-refractivity contribution in [3.05, 3.63) is 33.9 Å². The van der Waals surface area contributed by atoms with Gasteiger partial charge in [-0.1, -0.05) is 44.7 Å². The van der Waals surface area contributed by atoms with Gasteiger partial charge in [-0.3, -0.25) is 10.1 Å². The summed E-state index contributed by atoms with van der Waals surface area (Å²) in [4.78, 5) is 10.7. The molecular weight excluding hydrogens is 268 g/mol. The van der Waals surface area contributed by atoms with Crippen LogP contribution in [-0.2, 0) is 11.3 Å². The Labute approximate surface area is 126 Å². The van der Waals surface area contributed by atoms with Gasteiger partial charge >= 0.3 is 0 Å². The number of para-hydroxylation sites is 1. The predicted molar refractivity (Wildman–Crippen MR) is 85.7 cm³/mol. The number of hydrogen-bond donors (Lipinski definition) is 1. The highest BCUT2D eigenvalue weighted by atomic mass is 16.6. The number of ether oxygens (including phenoxy) is 1. The number of nitro benzene ring substituents is 1. The third-order valence-corrected chi connectivity index (χ3v) is 3.33. The van der Waals surface area contributed by atoms with E-state index in [-0.39, 0.29) is 10.6 Å². The lowest BCUT2D eigenvalue weighted by Gasteiger charge is -2.11. The van der Waals surface area contributed by atoms with E-state index in [1.54, 1.807) is 6.07 Å². The van der Waals surface area contributed by atoms with E-state index in [1.165, 1.54) is 31.7 Å². The second kappa shape index (κ2) is 10.2. The van der Waals surface area contributed by atoms with Crippen LogP contribution < -0.4 is 5.32 Å². The van der Waals surface area contributed by atoms with Crippen LogP contribution in [0.4, 0.5) is 11.4 Å². The van der Waals surface area contributed by atoms with Crippen LogP contribution in [0.5, 0.6) is 0 Å². The van der Waals surface area contributed by atoms with Gasteiger partial charge in [0.25, 0.3) is 5.69 Å². The van der Waals surface area contributed by atoms with Crippen LogP contribution in [0.2, 0.25) is 0 Å². The Balaban J connectivity index is 2.50. The lowest BCUT2D eigenvalue weighted by molar-refractivity contribution is -0.384. The molecule has 0 atom stereocenters. The zero-order valence-electron chi connectivity index (χ0n) is 13.1. The summed E-state index contributed by atoms with van der Waals surface area (Å²) in [6.45, 7) is 5.89. The largest absolute Gasteiger partial charge is 0.379 e. The number of benzene rings is 1. The molecule has 21 heavy (non-hydrogen) atoms. The first kappa shape index (κ1) is 17.4. The third kappa shape index (κ3) is 6.12. The van der Waals surface area contributed by atoms with Gasteiger partial charge < -0.3 is 10.1 Å². The third-order valence-electron chi connectivity index (χ3n) is 3.33. The molecule has 0 amide bonds. The summed E-state index contributed by atoms with van der Waals surface area (Å²) in [5.74, 6) is 0. The second-order valence-corrected chi connectivity index (χ2v) is 5.07. The molecule has 0 aromatic heterocycles. The fourth-order valence-electron chi connectivity index (χ4n) is 2.23. The quantitative estimate of drug-likeness (QED) is 0.370. The van der Waals surface area contributed by atoms with E-state index in [1.807, 2.05) is 13.0 Å². The topological polar surface area (TPSA) is 64.4 Å². The van der Waals surface area contributed by atoms with Gasteiger partial charge in [0.1, 0.15) is 5.69 Å². The van der Waals surface area contributed by atoms with Gasteiger partial charge in [-0.25, -0.2) is 0 Å². The van der Waals surface area contributed by atoms with Gasteiger partial charge in [-0.05, 0) is 13.3 Å². The average molecular weight is 294 g/mol. The molecule has 5 heteroatoms. The van der Waals surface area contributed by atoms with Crippen molar-refractivity contribution in [3.8, 4) is 0 Å². The molecule has 0 radical (unpaired) electrons. The molecule has 0 heterocycles. The van der Waals surface area contributed by atoms with E-state index in [4.69, 9.17) is 4.74 Å². The summed E-state index contributed by atoms with van der Waals surface area (Å²) >= 11 is 0. The van der Waals surface area contributed by atoms with E-state index in [2.05, 4.69) is 12.2 Å². The van der Waals surface area contributed by atoms with Crippen molar-refractivity contribution in [2.75, 3.05) is 18.5 Å². The van der Waals surface area contributed by atoms with Gasteiger partial charge in [0.05, 0.1) is 11.5 Å². The van der Waals surface area contributed by atoms with Gasteiger partial charge in [0.2, 0.25) is 0 Å². The second-order valence-electron chi connectivity index (χ2n) is 5.07. The lowest BCUT2D eigenvalue weighted by atomic mass is 10.1. The Morgan fingerprint density at radius 2 is 1.95 bits per heavy atom. The van der Waals surface area contributed by atoms with Crippen molar-refractivity contribution in [1.29, 1.82) is 0 Å². The average Bonchev–Trinajstić information content (AvgIpc) is 2.47. The summed E-state index contributed by atoms with van der Waals surface area (Å²) in [7, 11) is 0. The fraction of sp³-hybridized carbons (Fsp3) is 0.625. The summed E-state index contributed by atoms with van der Waals surface area (Å²) in [5.41, 5.74) is 1.54. The van der Waals surface area contributed by atoms with Gasteiger partial charge in [-0.2, -0.15) is 0 Å². The standard InChI is InChI=1S/C16H26N2O3/c1-3-5-6-7-8-12-21-13-14-10-9-11-15(18(19)20)16(14)17-4-2/h9-11,17H,3-8,12-13H2,1-2H3. The molecule has 1 aromatic carbocycles. The first-order valence-corrected chi connectivity index (χ1v) is 7.78. The highest BCUT2D eigenvalue weighted by Crippen LogP contribution is 2.28. The Hall–Kier alpha value is -1.62. The van der Waals surface area contributed by atoms with Gasteiger partial charge in [-0.15, -0.1) is 0 Å². The van der Waals surface area contributed by atoms with Gasteiger partial charge in [0.15, 0.2) is 0 Å². The first-order chi connectivity index (χ1) is 10.2. The number of nitrogens with zero attached hydrogens (tertiary/aromatic N) is 1. The molecule has 0 bridgehead atoms. The molecule has 0 saturated heterocycles. The number of rotatable bonds is 11. The molecule has 0 unspecified atom stereocenters. The van der Waals surface area contributed by atoms with Crippen LogP contribution in [0.15, 0.2) is 18.2 Å². The molecule has 0 saturated carbocycles. The molecule has 118 valence electrons. The molecule has 1 N–H and O–H groups in total. The molecule has 1 rings (SSSR count). The van der Waals surface area contributed by atoms with Crippen molar-refractivity contribution in [2.24, 2.45) is 0 Å². The molecule has 0 aliphatic carbocycles. The zero-order valence-corrected chi connectivity index (χ0v) is 13.1. The van der Waals surface area contributed by atoms with Crippen LogP contribution >= 0.6 is 0 Å². The number of unbranched alkanes of at least 4 members (excludes halogenated alkanes) is 4. The Morgan fingerprint density at radius 1 is 1.19 bits per heavy atom. The summed E-state index contributed by atoms with van der Waals surface area (Å²) < 4.78 is 5.66. The van der Waals surface area contributed by atoms with Crippen molar-refractivity contribution in [2.45, 2.75) is 52.6 Å². The fourth-order valence-corrected chi connectivity index (χ4v) is 2.23. The first-order valence-electron chi connectivity index (χ1n) is 7.78. The molecule has 0 aliphatic heterocycles. The summed E-state index contributed by atoms with van der Waals surface area (Å²) in [6, 6.07) is 5.10. The van der Waals surface area contributed by atoms with Crippen LogP contribution in [0.1, 0.15) is 51.5 Å². The zero-order chi connectivity index (χ0) is 15.5. The maximum Gasteiger partial charge on any atom is 0.292 e. The predicted octanol–water partition coefficient (Wildman–Crippen LogP) is 4.51. The maximum absolute atomic E-state index is 11.1. The molecule has 0 aliphatic rings. The van der Waals surface area contributed by atoms with Crippen molar-refractivity contribution < 1.29 is 9.66 Å². The number of hydrogen-bond acceptors (Lipinski definition) is 4. The Morgan fingerprint density at radius 3 is 2.62 bits per heavy atom. The van der Waals surface area contributed by atoms with E-state index in [9.17, 15) is 10.1 Å². The maximum atomic E-state index is 11.1. The minimum absolute atomic E-state index is 0.112. The van der Waals surface area contributed by atoms with Crippen molar-refractivity contribution in [1.82, 2.24) is 0 Å². The van der Waals surface area contributed by atoms with Gasteiger partial charge in [0, 0.05) is 24.8 Å². The van der Waals surface area contributed by atoms with E-state index >= 15 is 0 Å². The van der Waals surface area contributed by atoms with Crippen LogP contribution in [0.3, 0.4) is 0 Å². The molecular formula is C16H26N2O3. The number of nitro groups is 1. The highest BCUT2D eigenvalue weighted by molar-refractivity contribution is 5.66. The van der Waals surface area contributed by atoms with Crippen LogP contribution in [-0.4, -0.2) is 18.1 Å². The minimum Gasteiger partial charge on any atom is -0.379 e. The molecule has 0 spiro atoms. The SMILES string of the molecule is CCCCCCCOCc1cccc([N+](=O)[O-])c1NCC. The molecule has 5 nitrogen and oxygen atoms in total. The Bertz CT molecular complexity index is 436. The van der Waals surface area contributed by atoms with E-state index in [0.29, 0.717) is 25.4 Å². The normalized spacial score (nSPS) is 10.6. The summed E-state index contributed by atoms with van der Waals surface area (Å²) in [6.07, 6.45) is 5.99. The Kier molecular flexibility index (Phi) is 8.43. The summed E-state index contributed by atoms with van der Waals surface area (Å²) in [5, 5.41) is 14.1. The number of nitrogens with one attached hydrogen (secondary N) is 1. The lowest BCUT2D eigenvalue weighted by Crippen LogP contribution is -2.06.